The third-order valence-corrected chi connectivity index (χ3v) is 5.84. The Morgan fingerprint density at radius 1 is 1.22 bits per heavy atom. The molecule has 1 aliphatic rings. The molecule has 1 saturated carbocycles. The summed E-state index contributed by atoms with van der Waals surface area (Å²) in [6.45, 7) is 2.95. The van der Waals surface area contributed by atoms with Crippen LogP contribution in [-0.4, -0.2) is 33.1 Å². The molecule has 0 radical (unpaired) electrons. The minimum Gasteiger partial charge on any atom is -0.490 e. The number of hydrogen-bond acceptors (Lipinski definition) is 5. The molecule has 0 unspecified atom stereocenters. The predicted molar refractivity (Wildman–Crippen MR) is 122 cm³/mol. The predicted octanol–water partition coefficient (Wildman–Crippen LogP) is 4.32. The maximum atomic E-state index is 12.8. The summed E-state index contributed by atoms with van der Waals surface area (Å²) >= 11 is 6.39. The van der Waals surface area contributed by atoms with Crippen molar-refractivity contribution in [2.24, 2.45) is 5.92 Å². The second-order valence-corrected chi connectivity index (χ2v) is 8.38. The molecule has 0 spiro atoms. The highest BCUT2D eigenvalue weighted by Gasteiger charge is 2.22. The maximum absolute atomic E-state index is 12.8. The van der Waals surface area contributed by atoms with Gasteiger partial charge in [-0.2, -0.15) is 0 Å². The van der Waals surface area contributed by atoms with Crippen molar-refractivity contribution in [1.29, 1.82) is 0 Å². The third kappa shape index (κ3) is 3.96. The number of pyridine rings is 2. The average Bonchev–Trinajstić information content (AvgIpc) is 3.53. The van der Waals surface area contributed by atoms with Gasteiger partial charge in [0.2, 0.25) is 5.43 Å². The quantitative estimate of drug-likeness (QED) is 0.391. The summed E-state index contributed by atoms with van der Waals surface area (Å²) in [5, 5.41) is 0.981. The van der Waals surface area contributed by atoms with E-state index in [1.54, 1.807) is 31.3 Å². The molecule has 7 nitrogen and oxygen atoms in total. The van der Waals surface area contributed by atoms with E-state index in [0.717, 1.165) is 5.69 Å². The molecule has 3 aromatic heterocycles. The van der Waals surface area contributed by atoms with Gasteiger partial charge in [0.25, 0.3) is 0 Å². The zero-order valence-corrected chi connectivity index (χ0v) is 18.3. The lowest BCUT2D eigenvalue weighted by atomic mass is 10.1. The monoisotopic (exact) mass is 451 g/mol. The summed E-state index contributed by atoms with van der Waals surface area (Å²) in [5.41, 5.74) is 1.83. The third-order valence-electron chi connectivity index (χ3n) is 5.55. The Morgan fingerprint density at radius 2 is 2.03 bits per heavy atom. The Labute approximate surface area is 189 Å². The smallest absolute Gasteiger partial charge is 0.343 e. The topological polar surface area (TPSA) is 74.8 Å². The molecular weight excluding hydrogens is 430 g/mol. The number of halogens is 1. The first-order chi connectivity index (χ1) is 15.5. The van der Waals surface area contributed by atoms with Gasteiger partial charge in [-0.15, -0.1) is 0 Å². The fraction of sp³-hybridized carbons (Fsp3) is 0.292. The molecule has 32 heavy (non-hydrogen) atoms. The fourth-order valence-electron chi connectivity index (χ4n) is 3.72. The molecule has 0 bridgehead atoms. The van der Waals surface area contributed by atoms with Gasteiger partial charge < -0.3 is 18.4 Å². The van der Waals surface area contributed by atoms with Crippen LogP contribution in [0, 0.1) is 5.92 Å². The number of esters is 1. The Kier molecular flexibility index (Phi) is 5.35. The second-order valence-electron chi connectivity index (χ2n) is 7.98. The van der Waals surface area contributed by atoms with Crippen LogP contribution < -0.4 is 10.2 Å². The number of imidazole rings is 1. The summed E-state index contributed by atoms with van der Waals surface area (Å²) in [6.07, 6.45) is 7.69. The summed E-state index contributed by atoms with van der Waals surface area (Å²) < 4.78 is 14.7. The summed E-state index contributed by atoms with van der Waals surface area (Å²) in [4.78, 5) is 29.8. The van der Waals surface area contributed by atoms with Crippen LogP contribution >= 0.6 is 11.6 Å². The van der Waals surface area contributed by atoms with E-state index in [9.17, 15) is 9.59 Å². The summed E-state index contributed by atoms with van der Waals surface area (Å²) in [5.74, 6) is 0.632. The van der Waals surface area contributed by atoms with E-state index < -0.39 is 5.97 Å². The molecular formula is C24H22ClN3O4. The number of fused-ring (bicyclic) bond motifs is 2. The summed E-state index contributed by atoms with van der Waals surface area (Å²) in [6, 6.07) is 8.97. The lowest BCUT2D eigenvalue weighted by molar-refractivity contribution is 0.0524. The number of ether oxygens (including phenoxy) is 2. The van der Waals surface area contributed by atoms with Crippen molar-refractivity contribution < 1.29 is 14.3 Å². The highest BCUT2D eigenvalue weighted by molar-refractivity contribution is 6.32. The normalized spacial score (nSPS) is 13.6. The molecule has 5 rings (SSSR count). The van der Waals surface area contributed by atoms with E-state index in [4.69, 9.17) is 21.1 Å². The van der Waals surface area contributed by atoms with Crippen molar-refractivity contribution >= 4 is 34.1 Å². The van der Waals surface area contributed by atoms with Gasteiger partial charge in [0.1, 0.15) is 11.2 Å². The first kappa shape index (κ1) is 20.6. The Bertz CT molecular complexity index is 1390. The minimum atomic E-state index is -0.628. The fourth-order valence-corrected chi connectivity index (χ4v) is 3.92. The number of para-hydroxylation sites is 1. The number of rotatable bonds is 7. The standard InChI is InChI=1S/C24H22ClN3O4/c1-2-31-24(30)18-12-27(20-6-4-3-5-17(20)23(18)29)10-16-11-28-13-21(32-14-15-7-8-15)19(25)9-22(28)26-16/h3-6,9,11-13,15H,2,7-8,10,14H2,1H3. The van der Waals surface area contributed by atoms with Crippen molar-refractivity contribution in [1.82, 2.24) is 14.0 Å². The van der Waals surface area contributed by atoms with Crippen LogP contribution in [-0.2, 0) is 11.3 Å². The van der Waals surface area contributed by atoms with Gasteiger partial charge in [0.05, 0.1) is 42.2 Å². The Morgan fingerprint density at radius 3 is 2.81 bits per heavy atom. The van der Waals surface area contributed by atoms with Gasteiger partial charge in [-0.05, 0) is 37.8 Å². The average molecular weight is 452 g/mol. The number of nitrogens with zero attached hydrogens (tertiary/aromatic N) is 3. The number of hydrogen-bond donors (Lipinski definition) is 0. The maximum Gasteiger partial charge on any atom is 0.343 e. The van der Waals surface area contributed by atoms with E-state index in [0.29, 0.717) is 46.4 Å². The van der Waals surface area contributed by atoms with Crippen LogP contribution in [0.4, 0.5) is 0 Å². The number of aromatic nitrogens is 3. The molecule has 3 heterocycles. The van der Waals surface area contributed by atoms with Gasteiger partial charge >= 0.3 is 5.97 Å². The Balaban J connectivity index is 1.52. The van der Waals surface area contributed by atoms with E-state index in [1.165, 1.54) is 12.8 Å². The lowest BCUT2D eigenvalue weighted by Crippen LogP contribution is -2.21. The SMILES string of the molecule is CCOC(=O)c1cn(Cc2cn3cc(OCC4CC4)c(Cl)cc3n2)c2ccccc2c1=O. The van der Waals surface area contributed by atoms with E-state index in [-0.39, 0.29) is 17.6 Å². The molecule has 1 aliphatic carbocycles. The molecule has 0 N–H and O–H groups in total. The number of benzene rings is 1. The van der Waals surface area contributed by atoms with Gasteiger partial charge in [0.15, 0.2) is 5.75 Å². The van der Waals surface area contributed by atoms with Crippen LogP contribution in [0.15, 0.2) is 53.7 Å². The van der Waals surface area contributed by atoms with Crippen molar-refractivity contribution in [3.05, 3.63) is 75.4 Å². The van der Waals surface area contributed by atoms with Crippen LogP contribution in [0.1, 0.15) is 35.8 Å². The minimum absolute atomic E-state index is 0.00752. The van der Waals surface area contributed by atoms with E-state index in [1.807, 2.05) is 33.5 Å². The molecule has 8 heteroatoms. The van der Waals surface area contributed by atoms with Gasteiger partial charge in [-0.25, -0.2) is 9.78 Å². The summed E-state index contributed by atoms with van der Waals surface area (Å²) in [7, 11) is 0. The highest BCUT2D eigenvalue weighted by Crippen LogP contribution is 2.32. The van der Waals surface area contributed by atoms with Gasteiger partial charge in [0, 0.05) is 23.8 Å². The van der Waals surface area contributed by atoms with E-state index in [2.05, 4.69) is 4.98 Å². The van der Waals surface area contributed by atoms with Gasteiger partial charge in [-0.3, -0.25) is 4.79 Å². The first-order valence-corrected chi connectivity index (χ1v) is 11.0. The lowest BCUT2D eigenvalue weighted by Gasteiger charge is -2.12. The molecule has 1 fully saturated rings. The van der Waals surface area contributed by atoms with Crippen molar-refractivity contribution in [3.8, 4) is 5.75 Å². The van der Waals surface area contributed by atoms with Gasteiger partial charge in [-0.1, -0.05) is 23.7 Å². The van der Waals surface area contributed by atoms with Crippen molar-refractivity contribution in [2.75, 3.05) is 13.2 Å². The second kappa shape index (κ2) is 8.31. The molecule has 1 aromatic carbocycles. The number of carbonyl (C=O) groups excluding carboxylic acids is 1. The molecule has 0 atom stereocenters. The molecule has 0 amide bonds. The van der Waals surface area contributed by atoms with Crippen LogP contribution in [0.5, 0.6) is 5.75 Å². The first-order valence-electron chi connectivity index (χ1n) is 10.6. The van der Waals surface area contributed by atoms with Crippen LogP contribution in [0.3, 0.4) is 0 Å². The largest absolute Gasteiger partial charge is 0.490 e. The Hall–Kier alpha value is -3.32. The van der Waals surface area contributed by atoms with Crippen LogP contribution in [0.2, 0.25) is 5.02 Å². The van der Waals surface area contributed by atoms with Crippen LogP contribution in [0.25, 0.3) is 16.6 Å². The molecule has 164 valence electrons. The molecule has 0 aliphatic heterocycles. The zero-order chi connectivity index (χ0) is 22.2. The van der Waals surface area contributed by atoms with E-state index >= 15 is 0 Å². The molecule has 4 aromatic rings. The van der Waals surface area contributed by atoms with Crippen molar-refractivity contribution in [2.45, 2.75) is 26.3 Å². The van der Waals surface area contributed by atoms with Crippen molar-refractivity contribution in [3.63, 3.8) is 0 Å². The zero-order valence-electron chi connectivity index (χ0n) is 17.6. The molecule has 0 saturated heterocycles. The number of carbonyl (C=O) groups is 1. The highest BCUT2D eigenvalue weighted by atomic mass is 35.5.